The largest absolute Gasteiger partial charge is 0.744 e. The molecule has 14 heavy (non-hydrogen) atoms. The second kappa shape index (κ2) is 3.21. The molecule has 1 rings (SSSR count). The fraction of sp³-hybridized carbons (Fsp3) is 0. The highest BCUT2D eigenvalue weighted by molar-refractivity contribution is 7.85. The van der Waals surface area contributed by atoms with Gasteiger partial charge in [-0.1, -0.05) is 0 Å². The van der Waals surface area contributed by atoms with Crippen molar-refractivity contribution < 1.29 is 30.5 Å². The van der Waals surface area contributed by atoms with E-state index in [4.69, 9.17) is 0 Å². The summed E-state index contributed by atoms with van der Waals surface area (Å²) in [7, 11) is -5.37. The smallest absolute Gasteiger partial charge is 0.198 e. The van der Waals surface area contributed by atoms with Crippen molar-refractivity contribution in [1.29, 1.82) is 0 Å². The molecule has 0 amide bonds. The lowest BCUT2D eigenvalue weighted by molar-refractivity contribution is 0.389. The Hall–Kier alpha value is -1.15. The lowest BCUT2D eigenvalue weighted by atomic mass is 10.3. The van der Waals surface area contributed by atoms with Crippen LogP contribution in [0.5, 0.6) is 0 Å². The Bertz CT molecular complexity index is 482. The van der Waals surface area contributed by atoms with Crippen LogP contribution in [-0.2, 0) is 10.1 Å². The monoisotopic (exact) mass is 229 g/mol. The lowest BCUT2D eigenvalue weighted by Crippen LogP contribution is -2.07. The Balaban J connectivity index is 3.66. The summed E-state index contributed by atoms with van der Waals surface area (Å²) in [5.41, 5.74) is 0. The van der Waals surface area contributed by atoms with E-state index in [2.05, 4.69) is 0 Å². The van der Waals surface area contributed by atoms with Crippen molar-refractivity contribution in [3.05, 3.63) is 29.3 Å². The standard InChI is InChI=1S/C6H2F4O3S/c7-2-1-3(14(11,12)13)5(9)6(10)4(2)8/h1H,(H,11,12,13)/p-1. The molecule has 3 nitrogen and oxygen atoms in total. The molecule has 0 aliphatic heterocycles. The number of halogens is 4. The van der Waals surface area contributed by atoms with Gasteiger partial charge >= 0.3 is 0 Å². The average Bonchev–Trinajstić information content (AvgIpc) is 2.06. The van der Waals surface area contributed by atoms with Gasteiger partial charge in [-0.2, -0.15) is 0 Å². The Labute approximate surface area is 75.7 Å². The first kappa shape index (κ1) is 10.9. The SMILES string of the molecule is O=S(=O)([O-])c1cc(F)c(F)c(F)c1F. The van der Waals surface area contributed by atoms with E-state index in [1.807, 2.05) is 0 Å². The maximum absolute atomic E-state index is 12.6. The third-order valence-electron chi connectivity index (χ3n) is 1.34. The topological polar surface area (TPSA) is 57.2 Å². The highest BCUT2D eigenvalue weighted by atomic mass is 32.2. The van der Waals surface area contributed by atoms with Gasteiger partial charge in [0.1, 0.15) is 10.1 Å². The Morgan fingerprint density at radius 1 is 1.00 bits per heavy atom. The highest BCUT2D eigenvalue weighted by Crippen LogP contribution is 2.21. The van der Waals surface area contributed by atoms with Crippen molar-refractivity contribution in [2.24, 2.45) is 0 Å². The minimum Gasteiger partial charge on any atom is -0.744 e. The predicted octanol–water partition coefficient (Wildman–Crippen LogP) is 1.15. The van der Waals surface area contributed by atoms with Crippen molar-refractivity contribution in [2.75, 3.05) is 0 Å². The van der Waals surface area contributed by atoms with Crippen molar-refractivity contribution in [1.82, 2.24) is 0 Å². The summed E-state index contributed by atoms with van der Waals surface area (Å²) in [6, 6.07) is -0.212. The molecule has 0 fully saturated rings. The molecule has 0 radical (unpaired) electrons. The van der Waals surface area contributed by atoms with Crippen LogP contribution < -0.4 is 0 Å². The van der Waals surface area contributed by atoms with Gasteiger partial charge in [0.05, 0.1) is 4.90 Å². The molecular weight excluding hydrogens is 228 g/mol. The molecule has 0 saturated heterocycles. The Morgan fingerprint density at radius 2 is 1.50 bits per heavy atom. The summed E-state index contributed by atoms with van der Waals surface area (Å²) in [4.78, 5) is -1.76. The van der Waals surface area contributed by atoms with Gasteiger partial charge in [0.15, 0.2) is 23.3 Å². The fourth-order valence-electron chi connectivity index (χ4n) is 0.733. The van der Waals surface area contributed by atoms with Gasteiger partial charge in [0.2, 0.25) is 0 Å². The number of hydrogen-bond acceptors (Lipinski definition) is 3. The first-order valence-electron chi connectivity index (χ1n) is 3.04. The fourth-order valence-corrected chi connectivity index (χ4v) is 1.29. The maximum atomic E-state index is 12.6. The van der Waals surface area contributed by atoms with E-state index in [9.17, 15) is 30.5 Å². The molecule has 0 atom stereocenters. The van der Waals surface area contributed by atoms with E-state index in [0.29, 0.717) is 0 Å². The van der Waals surface area contributed by atoms with Crippen LogP contribution >= 0.6 is 0 Å². The zero-order valence-corrected chi connectivity index (χ0v) is 7.04. The molecule has 78 valence electrons. The van der Waals surface area contributed by atoms with E-state index in [-0.39, 0.29) is 6.07 Å². The predicted molar refractivity (Wildman–Crippen MR) is 34.2 cm³/mol. The quantitative estimate of drug-likeness (QED) is 0.314. The lowest BCUT2D eigenvalue weighted by Gasteiger charge is -2.08. The summed E-state index contributed by atoms with van der Waals surface area (Å²) in [6.45, 7) is 0. The molecule has 0 heterocycles. The van der Waals surface area contributed by atoms with Crippen molar-refractivity contribution in [2.45, 2.75) is 4.90 Å². The van der Waals surface area contributed by atoms with Crippen LogP contribution in [-0.4, -0.2) is 13.0 Å². The molecule has 0 saturated carbocycles. The number of hydrogen-bond donors (Lipinski definition) is 0. The summed E-state index contributed by atoms with van der Waals surface area (Å²) in [6.07, 6.45) is 0. The van der Waals surface area contributed by atoms with Gasteiger partial charge in [-0.25, -0.2) is 26.0 Å². The molecule has 8 heteroatoms. The van der Waals surface area contributed by atoms with Gasteiger partial charge in [-0.05, 0) is 6.07 Å². The molecule has 0 aliphatic rings. The number of benzene rings is 1. The van der Waals surface area contributed by atoms with Crippen LogP contribution in [0.1, 0.15) is 0 Å². The molecule has 0 aromatic heterocycles. The van der Waals surface area contributed by atoms with E-state index in [1.54, 1.807) is 0 Å². The highest BCUT2D eigenvalue weighted by Gasteiger charge is 2.21. The third kappa shape index (κ3) is 1.70. The van der Waals surface area contributed by atoms with Gasteiger partial charge in [-0.15, -0.1) is 0 Å². The second-order valence-corrected chi connectivity index (χ2v) is 3.60. The summed E-state index contributed by atoms with van der Waals surface area (Å²) >= 11 is 0. The Kier molecular flexibility index (Phi) is 2.50. The third-order valence-corrected chi connectivity index (χ3v) is 2.17. The van der Waals surface area contributed by atoms with Crippen LogP contribution in [0.25, 0.3) is 0 Å². The minimum atomic E-state index is -5.37. The molecule has 1 aromatic rings. The number of rotatable bonds is 1. The molecule has 0 unspecified atom stereocenters. The molecular formula is C6HF4O3S-. The van der Waals surface area contributed by atoms with Crippen molar-refractivity contribution in [3.8, 4) is 0 Å². The molecule has 0 N–H and O–H groups in total. The van der Waals surface area contributed by atoms with Gasteiger partial charge in [-0.3, -0.25) is 0 Å². The van der Waals surface area contributed by atoms with Crippen LogP contribution in [0.15, 0.2) is 11.0 Å². The van der Waals surface area contributed by atoms with E-state index >= 15 is 0 Å². The second-order valence-electron chi connectivity index (χ2n) is 2.25. The first-order valence-corrected chi connectivity index (χ1v) is 4.45. The maximum Gasteiger partial charge on any atom is 0.198 e. The van der Waals surface area contributed by atoms with E-state index in [1.165, 1.54) is 0 Å². The molecule has 0 bridgehead atoms. The first-order chi connectivity index (χ1) is 6.25. The minimum absolute atomic E-state index is 0.212. The Morgan fingerprint density at radius 3 is 1.93 bits per heavy atom. The van der Waals surface area contributed by atoms with Gasteiger partial charge < -0.3 is 4.55 Å². The zero-order valence-electron chi connectivity index (χ0n) is 6.22. The van der Waals surface area contributed by atoms with Gasteiger partial charge in [0.25, 0.3) is 0 Å². The zero-order chi connectivity index (χ0) is 11.1. The molecule has 0 spiro atoms. The summed E-state index contributed by atoms with van der Waals surface area (Å²) in [5, 5.41) is 0. The van der Waals surface area contributed by atoms with Crippen LogP contribution in [0.3, 0.4) is 0 Å². The van der Waals surface area contributed by atoms with Crippen LogP contribution in [0.4, 0.5) is 17.6 Å². The van der Waals surface area contributed by atoms with Crippen LogP contribution in [0, 0.1) is 23.3 Å². The summed E-state index contributed by atoms with van der Waals surface area (Å²) < 4.78 is 80.3. The molecule has 0 aliphatic carbocycles. The summed E-state index contributed by atoms with van der Waals surface area (Å²) in [5.74, 6) is -8.67. The van der Waals surface area contributed by atoms with E-state index in [0.717, 1.165) is 0 Å². The average molecular weight is 229 g/mol. The van der Waals surface area contributed by atoms with Crippen molar-refractivity contribution in [3.63, 3.8) is 0 Å². The van der Waals surface area contributed by atoms with Crippen LogP contribution in [0.2, 0.25) is 0 Å². The van der Waals surface area contributed by atoms with Crippen molar-refractivity contribution >= 4 is 10.1 Å². The van der Waals surface area contributed by atoms with E-state index < -0.39 is 38.3 Å². The van der Waals surface area contributed by atoms with Gasteiger partial charge in [0, 0.05) is 0 Å². The molecule has 1 aromatic carbocycles. The normalized spacial score (nSPS) is 11.8.